The Hall–Kier alpha value is -1.55. The molecule has 1 aliphatic rings. The first-order valence-corrected chi connectivity index (χ1v) is 7.20. The van der Waals surface area contributed by atoms with Gasteiger partial charge in [0, 0.05) is 0 Å². The summed E-state index contributed by atoms with van der Waals surface area (Å²) in [6.45, 7) is 3.10. The summed E-state index contributed by atoms with van der Waals surface area (Å²) in [6.07, 6.45) is 5.02. The van der Waals surface area contributed by atoms with E-state index in [-0.39, 0.29) is 0 Å². The maximum absolute atomic E-state index is 5.69. The summed E-state index contributed by atoms with van der Waals surface area (Å²) in [4.78, 5) is 7.60. The Morgan fingerprint density at radius 1 is 1.32 bits per heavy atom. The molecule has 2 aromatic rings. The SMILES string of the molecule is c1ccc2[nH]c(OCCC[C@H]3CCCNC3)nc2c1. The highest BCUT2D eigenvalue weighted by molar-refractivity contribution is 5.75. The number of benzene rings is 1. The molecule has 0 amide bonds. The van der Waals surface area contributed by atoms with E-state index < -0.39 is 0 Å². The number of piperidine rings is 1. The molecular weight excluding hydrogens is 238 g/mol. The van der Waals surface area contributed by atoms with Crippen LogP contribution < -0.4 is 10.1 Å². The second-order valence-electron chi connectivity index (χ2n) is 5.26. The van der Waals surface area contributed by atoms with Crippen LogP contribution in [0.25, 0.3) is 11.0 Å². The summed E-state index contributed by atoms with van der Waals surface area (Å²) < 4.78 is 5.69. The molecular formula is C15H21N3O. The lowest BCUT2D eigenvalue weighted by Crippen LogP contribution is -2.29. The molecule has 0 unspecified atom stereocenters. The van der Waals surface area contributed by atoms with Crippen molar-refractivity contribution in [2.24, 2.45) is 5.92 Å². The molecule has 1 saturated heterocycles. The Bertz CT molecular complexity index is 484. The molecule has 2 heterocycles. The van der Waals surface area contributed by atoms with Gasteiger partial charge in [-0.3, -0.25) is 0 Å². The minimum Gasteiger partial charge on any atom is -0.465 e. The largest absolute Gasteiger partial charge is 0.465 e. The van der Waals surface area contributed by atoms with Gasteiger partial charge in [0.05, 0.1) is 17.6 Å². The molecule has 102 valence electrons. The van der Waals surface area contributed by atoms with E-state index in [0.717, 1.165) is 30.0 Å². The van der Waals surface area contributed by atoms with Crippen LogP contribution in [-0.4, -0.2) is 29.7 Å². The predicted molar refractivity (Wildman–Crippen MR) is 76.4 cm³/mol. The quantitative estimate of drug-likeness (QED) is 0.812. The smallest absolute Gasteiger partial charge is 0.294 e. The molecule has 4 nitrogen and oxygen atoms in total. The lowest BCUT2D eigenvalue weighted by atomic mass is 9.95. The van der Waals surface area contributed by atoms with Gasteiger partial charge < -0.3 is 15.0 Å². The van der Waals surface area contributed by atoms with Gasteiger partial charge >= 0.3 is 0 Å². The third-order valence-electron chi connectivity index (χ3n) is 3.76. The van der Waals surface area contributed by atoms with E-state index in [0.29, 0.717) is 6.01 Å². The van der Waals surface area contributed by atoms with Gasteiger partial charge in [0.25, 0.3) is 6.01 Å². The molecule has 1 atom stereocenters. The molecule has 0 bridgehead atoms. The first-order chi connectivity index (χ1) is 9.42. The second-order valence-corrected chi connectivity index (χ2v) is 5.26. The molecule has 0 spiro atoms. The molecule has 1 aliphatic heterocycles. The van der Waals surface area contributed by atoms with E-state index in [1.54, 1.807) is 0 Å². The molecule has 1 fully saturated rings. The highest BCUT2D eigenvalue weighted by Crippen LogP contribution is 2.17. The number of hydrogen-bond acceptors (Lipinski definition) is 3. The van der Waals surface area contributed by atoms with Crippen molar-refractivity contribution < 1.29 is 4.74 Å². The summed E-state index contributed by atoms with van der Waals surface area (Å²) in [6, 6.07) is 8.64. The average Bonchev–Trinajstić information content (AvgIpc) is 2.87. The molecule has 3 rings (SSSR count). The first kappa shape index (κ1) is 12.5. The van der Waals surface area contributed by atoms with E-state index in [2.05, 4.69) is 15.3 Å². The first-order valence-electron chi connectivity index (χ1n) is 7.20. The van der Waals surface area contributed by atoms with Crippen LogP contribution in [0.4, 0.5) is 0 Å². The van der Waals surface area contributed by atoms with Crippen molar-refractivity contribution in [1.29, 1.82) is 0 Å². The Balaban J connectivity index is 1.44. The Labute approximate surface area is 113 Å². The lowest BCUT2D eigenvalue weighted by molar-refractivity contribution is 0.262. The molecule has 2 N–H and O–H groups in total. The highest BCUT2D eigenvalue weighted by Gasteiger charge is 2.12. The van der Waals surface area contributed by atoms with E-state index in [1.165, 1.54) is 32.4 Å². The Kier molecular flexibility index (Phi) is 3.98. The number of nitrogens with one attached hydrogen (secondary N) is 2. The molecule has 0 radical (unpaired) electrons. The summed E-state index contributed by atoms with van der Waals surface area (Å²) in [7, 11) is 0. The standard InChI is InChI=1S/C15H21N3O/c1-2-8-14-13(7-1)17-15(18-14)19-10-4-6-12-5-3-9-16-11-12/h1-2,7-8,12,16H,3-6,9-11H2,(H,17,18)/t12-/m1/s1. The molecule has 1 aromatic carbocycles. The summed E-state index contributed by atoms with van der Waals surface area (Å²) in [5.74, 6) is 0.827. The Morgan fingerprint density at radius 3 is 3.11 bits per heavy atom. The fourth-order valence-electron chi connectivity index (χ4n) is 2.71. The zero-order valence-corrected chi connectivity index (χ0v) is 11.2. The second kappa shape index (κ2) is 6.06. The number of para-hydroxylation sites is 2. The van der Waals surface area contributed by atoms with Crippen molar-refractivity contribution >= 4 is 11.0 Å². The van der Waals surface area contributed by atoms with E-state index >= 15 is 0 Å². The number of nitrogens with zero attached hydrogens (tertiary/aromatic N) is 1. The summed E-state index contributed by atoms with van der Waals surface area (Å²) >= 11 is 0. The van der Waals surface area contributed by atoms with Crippen LogP contribution in [0, 0.1) is 5.92 Å². The maximum Gasteiger partial charge on any atom is 0.294 e. The highest BCUT2D eigenvalue weighted by atomic mass is 16.5. The third-order valence-corrected chi connectivity index (χ3v) is 3.76. The molecule has 19 heavy (non-hydrogen) atoms. The number of rotatable bonds is 5. The number of aromatic amines is 1. The number of aromatic nitrogens is 2. The summed E-state index contributed by atoms with van der Waals surface area (Å²) in [5.41, 5.74) is 2.00. The van der Waals surface area contributed by atoms with Crippen molar-refractivity contribution in [3.05, 3.63) is 24.3 Å². The van der Waals surface area contributed by atoms with E-state index in [9.17, 15) is 0 Å². The average molecular weight is 259 g/mol. The third kappa shape index (κ3) is 3.26. The Morgan fingerprint density at radius 2 is 2.26 bits per heavy atom. The fourth-order valence-corrected chi connectivity index (χ4v) is 2.71. The van der Waals surface area contributed by atoms with Crippen molar-refractivity contribution in [3.8, 4) is 6.01 Å². The molecule has 1 aromatic heterocycles. The van der Waals surface area contributed by atoms with Crippen molar-refractivity contribution in [1.82, 2.24) is 15.3 Å². The predicted octanol–water partition coefficient (Wildman–Crippen LogP) is 2.72. The number of imidazole rings is 1. The zero-order chi connectivity index (χ0) is 12.9. The topological polar surface area (TPSA) is 49.9 Å². The van der Waals surface area contributed by atoms with Gasteiger partial charge in [-0.15, -0.1) is 0 Å². The fraction of sp³-hybridized carbons (Fsp3) is 0.533. The normalized spacial score (nSPS) is 19.7. The van der Waals surface area contributed by atoms with Crippen molar-refractivity contribution in [3.63, 3.8) is 0 Å². The van der Waals surface area contributed by atoms with Gasteiger partial charge in [-0.2, -0.15) is 4.98 Å². The van der Waals surface area contributed by atoms with E-state index in [4.69, 9.17) is 4.74 Å². The molecule has 0 aliphatic carbocycles. The van der Waals surface area contributed by atoms with Crippen molar-refractivity contribution in [2.75, 3.05) is 19.7 Å². The maximum atomic E-state index is 5.69. The van der Waals surface area contributed by atoms with Gasteiger partial charge in [0.2, 0.25) is 0 Å². The minimum absolute atomic E-state index is 0.642. The van der Waals surface area contributed by atoms with E-state index in [1.807, 2.05) is 24.3 Å². The number of H-pyrrole nitrogens is 1. The number of hydrogen-bond donors (Lipinski definition) is 2. The van der Waals surface area contributed by atoms with Crippen LogP contribution in [0.15, 0.2) is 24.3 Å². The number of fused-ring (bicyclic) bond motifs is 1. The van der Waals surface area contributed by atoms with Gasteiger partial charge in [0.15, 0.2) is 0 Å². The zero-order valence-electron chi connectivity index (χ0n) is 11.2. The van der Waals surface area contributed by atoms with Gasteiger partial charge in [-0.05, 0) is 56.8 Å². The number of ether oxygens (including phenoxy) is 1. The van der Waals surface area contributed by atoms with Gasteiger partial charge in [-0.1, -0.05) is 12.1 Å². The van der Waals surface area contributed by atoms with Crippen LogP contribution in [0.2, 0.25) is 0 Å². The van der Waals surface area contributed by atoms with Crippen LogP contribution in [0.1, 0.15) is 25.7 Å². The van der Waals surface area contributed by atoms with Crippen LogP contribution in [-0.2, 0) is 0 Å². The molecule has 4 heteroatoms. The van der Waals surface area contributed by atoms with Crippen LogP contribution >= 0.6 is 0 Å². The monoisotopic (exact) mass is 259 g/mol. The van der Waals surface area contributed by atoms with Crippen LogP contribution in [0.3, 0.4) is 0 Å². The van der Waals surface area contributed by atoms with Gasteiger partial charge in [-0.25, -0.2) is 0 Å². The van der Waals surface area contributed by atoms with Crippen LogP contribution in [0.5, 0.6) is 6.01 Å². The summed E-state index contributed by atoms with van der Waals surface area (Å²) in [5, 5.41) is 3.45. The minimum atomic E-state index is 0.642. The lowest BCUT2D eigenvalue weighted by Gasteiger charge is -2.22. The van der Waals surface area contributed by atoms with Gasteiger partial charge in [0.1, 0.15) is 0 Å². The molecule has 0 saturated carbocycles. The van der Waals surface area contributed by atoms with Crippen molar-refractivity contribution in [2.45, 2.75) is 25.7 Å².